The summed E-state index contributed by atoms with van der Waals surface area (Å²) in [5.41, 5.74) is -0.984. The smallest absolute Gasteiger partial charge is 0.188 e. The molecule has 0 rings (SSSR count). The van der Waals surface area contributed by atoms with Crippen molar-refractivity contribution >= 4 is 11.6 Å². The van der Waals surface area contributed by atoms with Crippen molar-refractivity contribution in [3.8, 4) is 0 Å². The molecule has 3 N–H and O–H groups in total. The molecular formula is C5H11ClO4. The monoisotopic (exact) mass is 170 g/mol. The Labute approximate surface area is 64.0 Å². The van der Waals surface area contributed by atoms with Crippen LogP contribution in [0, 0.1) is 0 Å². The molecule has 0 bridgehead atoms. The standard InChI is InChI=1S/C5H11ClO4/c1-5(9,3-8)10-4(6)2-7/h4,7-9H,2-3H2,1H3/t4-,5-/m1/s1. The molecule has 0 fully saturated rings. The fourth-order valence-corrected chi connectivity index (χ4v) is 0.542. The molecule has 0 amide bonds. The van der Waals surface area contributed by atoms with Crippen LogP contribution in [-0.4, -0.2) is 39.9 Å². The van der Waals surface area contributed by atoms with Gasteiger partial charge in [-0.05, 0) is 6.92 Å². The van der Waals surface area contributed by atoms with Gasteiger partial charge < -0.3 is 20.1 Å². The lowest BCUT2D eigenvalue weighted by atomic mass is 10.3. The van der Waals surface area contributed by atoms with Gasteiger partial charge in [0.2, 0.25) is 0 Å². The summed E-state index contributed by atoms with van der Waals surface area (Å²) >= 11 is 5.29. The van der Waals surface area contributed by atoms with Gasteiger partial charge in [-0.15, -0.1) is 0 Å². The van der Waals surface area contributed by atoms with E-state index in [1.807, 2.05) is 0 Å². The average Bonchev–Trinajstić information content (AvgIpc) is 1.87. The number of aliphatic hydroxyl groups excluding tert-OH is 2. The molecule has 4 nitrogen and oxygen atoms in total. The maximum absolute atomic E-state index is 8.96. The zero-order valence-corrected chi connectivity index (χ0v) is 6.38. The van der Waals surface area contributed by atoms with Crippen molar-refractivity contribution in [1.82, 2.24) is 0 Å². The van der Waals surface area contributed by atoms with Crippen LogP contribution in [0.4, 0.5) is 0 Å². The average molecular weight is 171 g/mol. The van der Waals surface area contributed by atoms with Crippen LogP contribution in [0.15, 0.2) is 0 Å². The van der Waals surface area contributed by atoms with Crippen molar-refractivity contribution in [1.29, 1.82) is 0 Å². The second-order valence-electron chi connectivity index (χ2n) is 2.04. The van der Waals surface area contributed by atoms with Crippen LogP contribution in [0.25, 0.3) is 0 Å². The van der Waals surface area contributed by atoms with Crippen LogP contribution in [-0.2, 0) is 4.74 Å². The van der Waals surface area contributed by atoms with E-state index in [0.29, 0.717) is 0 Å². The van der Waals surface area contributed by atoms with Crippen LogP contribution < -0.4 is 0 Å². The van der Waals surface area contributed by atoms with Gasteiger partial charge in [0.1, 0.15) is 0 Å². The first-order chi connectivity index (χ1) is 4.52. The van der Waals surface area contributed by atoms with Gasteiger partial charge in [0.15, 0.2) is 11.4 Å². The Hall–Kier alpha value is 0.130. The molecule has 0 saturated carbocycles. The van der Waals surface area contributed by atoms with Gasteiger partial charge in [-0.3, -0.25) is 0 Å². The molecule has 0 aromatic carbocycles. The highest BCUT2D eigenvalue weighted by Gasteiger charge is 2.23. The number of rotatable bonds is 4. The molecule has 10 heavy (non-hydrogen) atoms. The molecule has 62 valence electrons. The molecule has 0 aromatic heterocycles. The summed E-state index contributed by atoms with van der Waals surface area (Å²) in [7, 11) is 0. The number of alkyl halides is 1. The van der Waals surface area contributed by atoms with E-state index in [-0.39, 0.29) is 0 Å². The maximum Gasteiger partial charge on any atom is 0.188 e. The van der Waals surface area contributed by atoms with E-state index in [1.165, 1.54) is 6.92 Å². The number of aliphatic hydroxyl groups is 3. The van der Waals surface area contributed by atoms with Gasteiger partial charge >= 0.3 is 0 Å². The fourth-order valence-electron chi connectivity index (χ4n) is 0.350. The van der Waals surface area contributed by atoms with Crippen molar-refractivity contribution < 1.29 is 20.1 Å². The molecule has 0 aliphatic heterocycles. The zero-order chi connectivity index (χ0) is 8.20. The number of halogens is 1. The Morgan fingerprint density at radius 3 is 2.40 bits per heavy atom. The Balaban J connectivity index is 3.64. The molecule has 0 unspecified atom stereocenters. The number of ether oxygens (including phenoxy) is 1. The highest BCUT2D eigenvalue weighted by molar-refractivity contribution is 6.19. The first-order valence-electron chi connectivity index (χ1n) is 2.78. The summed E-state index contributed by atoms with van der Waals surface area (Å²) in [5.74, 6) is -1.67. The first kappa shape index (κ1) is 10.1. The van der Waals surface area contributed by atoms with E-state index in [2.05, 4.69) is 4.74 Å². The molecule has 5 heteroatoms. The highest BCUT2D eigenvalue weighted by Crippen LogP contribution is 2.10. The van der Waals surface area contributed by atoms with Crippen molar-refractivity contribution in [3.05, 3.63) is 0 Å². The molecule has 0 spiro atoms. The number of hydrogen-bond donors (Lipinski definition) is 3. The number of hydrogen-bond acceptors (Lipinski definition) is 4. The van der Waals surface area contributed by atoms with Gasteiger partial charge in [0.05, 0.1) is 13.2 Å². The predicted molar refractivity (Wildman–Crippen MR) is 35.5 cm³/mol. The Kier molecular flexibility index (Phi) is 4.15. The van der Waals surface area contributed by atoms with E-state index in [1.54, 1.807) is 0 Å². The molecular weight excluding hydrogens is 160 g/mol. The normalized spacial score (nSPS) is 20.1. The zero-order valence-electron chi connectivity index (χ0n) is 5.62. The lowest BCUT2D eigenvalue weighted by molar-refractivity contribution is -0.224. The second kappa shape index (κ2) is 4.10. The van der Waals surface area contributed by atoms with Crippen molar-refractivity contribution in [3.63, 3.8) is 0 Å². The maximum atomic E-state index is 8.96. The molecule has 0 heterocycles. The van der Waals surface area contributed by atoms with Crippen LogP contribution in [0.1, 0.15) is 6.92 Å². The molecule has 0 aliphatic rings. The fraction of sp³-hybridized carbons (Fsp3) is 1.00. The highest BCUT2D eigenvalue weighted by atomic mass is 35.5. The van der Waals surface area contributed by atoms with E-state index >= 15 is 0 Å². The van der Waals surface area contributed by atoms with Crippen LogP contribution in [0.3, 0.4) is 0 Å². The first-order valence-corrected chi connectivity index (χ1v) is 3.21. The predicted octanol–water partition coefficient (Wildman–Crippen LogP) is -0.739. The van der Waals surface area contributed by atoms with Gasteiger partial charge in [-0.2, -0.15) is 0 Å². The van der Waals surface area contributed by atoms with E-state index in [9.17, 15) is 0 Å². The van der Waals surface area contributed by atoms with Crippen molar-refractivity contribution in [2.24, 2.45) is 0 Å². The lowest BCUT2D eigenvalue weighted by Crippen LogP contribution is -2.36. The Bertz CT molecular complexity index is 95.6. The van der Waals surface area contributed by atoms with E-state index in [0.717, 1.165) is 0 Å². The summed E-state index contributed by atoms with van der Waals surface area (Å²) in [6, 6.07) is 0. The third-order valence-corrected chi connectivity index (χ3v) is 1.05. The van der Waals surface area contributed by atoms with Crippen LogP contribution in [0.2, 0.25) is 0 Å². The van der Waals surface area contributed by atoms with Crippen molar-refractivity contribution in [2.45, 2.75) is 18.3 Å². The van der Waals surface area contributed by atoms with Crippen molar-refractivity contribution in [2.75, 3.05) is 13.2 Å². The van der Waals surface area contributed by atoms with Gasteiger partial charge in [-0.25, -0.2) is 0 Å². The summed E-state index contributed by atoms with van der Waals surface area (Å²) in [6.07, 6.45) is 0. The molecule has 0 aliphatic carbocycles. The second-order valence-corrected chi connectivity index (χ2v) is 2.53. The van der Waals surface area contributed by atoms with E-state index in [4.69, 9.17) is 26.9 Å². The minimum Gasteiger partial charge on any atom is -0.392 e. The lowest BCUT2D eigenvalue weighted by Gasteiger charge is -2.22. The van der Waals surface area contributed by atoms with Gasteiger partial charge in [0.25, 0.3) is 0 Å². The third kappa shape index (κ3) is 4.03. The summed E-state index contributed by atoms with van der Waals surface area (Å²) in [4.78, 5) is 0. The topological polar surface area (TPSA) is 69.9 Å². The SMILES string of the molecule is C[C@](O)(CO)O[C@@H](Cl)CO. The summed E-state index contributed by atoms with van der Waals surface area (Å²) in [5, 5.41) is 25.7. The summed E-state index contributed by atoms with van der Waals surface area (Å²) < 4.78 is 4.56. The minimum absolute atomic E-state index is 0.405. The van der Waals surface area contributed by atoms with Crippen LogP contribution >= 0.6 is 11.6 Å². The molecule has 0 radical (unpaired) electrons. The minimum atomic E-state index is -1.67. The Morgan fingerprint density at radius 1 is 1.60 bits per heavy atom. The van der Waals surface area contributed by atoms with E-state index < -0.39 is 24.6 Å². The summed E-state index contributed by atoms with van der Waals surface area (Å²) in [6.45, 7) is 0.284. The molecule has 0 saturated heterocycles. The molecule has 2 atom stereocenters. The Morgan fingerprint density at radius 2 is 2.10 bits per heavy atom. The largest absolute Gasteiger partial charge is 0.392 e. The molecule has 0 aromatic rings. The third-order valence-electron chi connectivity index (χ3n) is 0.819. The van der Waals surface area contributed by atoms with Gasteiger partial charge in [-0.1, -0.05) is 11.6 Å². The quantitative estimate of drug-likeness (QED) is 0.384. The van der Waals surface area contributed by atoms with Crippen LogP contribution in [0.5, 0.6) is 0 Å². The van der Waals surface area contributed by atoms with Gasteiger partial charge in [0, 0.05) is 0 Å².